The molecule has 2 aromatic rings. The Morgan fingerprint density at radius 3 is 2.64 bits per heavy atom. The van der Waals surface area contributed by atoms with E-state index < -0.39 is 5.91 Å². The van der Waals surface area contributed by atoms with Crippen LogP contribution in [-0.4, -0.2) is 45.7 Å². The standard InChI is InChI=1S/C17H22N6O2/c24-16(22-25)12-19-14-11-15(23-9-5-1-2-6-10-23)21-17(20-14)13-7-3-4-8-18-13/h3-4,7-8,11,25H,1-2,5-6,9-10,12H2,(H,22,24)(H,19,20,21). The van der Waals surface area contributed by atoms with Crippen LogP contribution in [0.15, 0.2) is 30.5 Å². The van der Waals surface area contributed by atoms with Gasteiger partial charge >= 0.3 is 0 Å². The Balaban J connectivity index is 1.91. The predicted molar refractivity (Wildman–Crippen MR) is 94.4 cm³/mol. The molecule has 0 radical (unpaired) electrons. The first-order valence-corrected chi connectivity index (χ1v) is 8.48. The fourth-order valence-electron chi connectivity index (χ4n) is 2.81. The van der Waals surface area contributed by atoms with Crippen LogP contribution in [0.4, 0.5) is 11.6 Å². The molecule has 8 nitrogen and oxygen atoms in total. The number of carbonyl (C=O) groups excluding carboxylic acids is 1. The maximum Gasteiger partial charge on any atom is 0.262 e. The monoisotopic (exact) mass is 342 g/mol. The summed E-state index contributed by atoms with van der Waals surface area (Å²) in [6.07, 6.45) is 6.44. The Labute approximate surface area is 146 Å². The van der Waals surface area contributed by atoms with Crippen molar-refractivity contribution < 1.29 is 10.0 Å². The molecule has 0 aromatic carbocycles. The summed E-state index contributed by atoms with van der Waals surface area (Å²) < 4.78 is 0. The van der Waals surface area contributed by atoms with Crippen molar-refractivity contribution >= 4 is 17.5 Å². The number of carbonyl (C=O) groups is 1. The molecule has 25 heavy (non-hydrogen) atoms. The predicted octanol–water partition coefficient (Wildman–Crippen LogP) is 1.84. The second-order valence-electron chi connectivity index (χ2n) is 5.94. The smallest absolute Gasteiger partial charge is 0.262 e. The van der Waals surface area contributed by atoms with Crippen LogP contribution in [0.5, 0.6) is 0 Å². The lowest BCUT2D eigenvalue weighted by molar-refractivity contribution is -0.127. The summed E-state index contributed by atoms with van der Waals surface area (Å²) in [5.74, 6) is 1.33. The number of hydrogen-bond donors (Lipinski definition) is 3. The Kier molecular flexibility index (Phi) is 5.73. The molecular formula is C17H22N6O2. The average Bonchev–Trinajstić information content (AvgIpc) is 2.96. The molecule has 1 fully saturated rings. The average molecular weight is 342 g/mol. The first kappa shape index (κ1) is 17.1. The molecule has 2 aromatic heterocycles. The molecule has 0 aliphatic carbocycles. The maximum absolute atomic E-state index is 11.3. The van der Waals surface area contributed by atoms with Gasteiger partial charge in [-0.15, -0.1) is 0 Å². The largest absolute Gasteiger partial charge is 0.361 e. The summed E-state index contributed by atoms with van der Waals surface area (Å²) >= 11 is 0. The number of nitrogens with zero attached hydrogens (tertiary/aromatic N) is 4. The summed E-state index contributed by atoms with van der Waals surface area (Å²) in [6, 6.07) is 7.41. The molecular weight excluding hydrogens is 320 g/mol. The van der Waals surface area contributed by atoms with Gasteiger partial charge in [0.05, 0.1) is 6.54 Å². The van der Waals surface area contributed by atoms with E-state index in [1.165, 1.54) is 12.8 Å². The highest BCUT2D eigenvalue weighted by molar-refractivity contribution is 5.79. The van der Waals surface area contributed by atoms with Gasteiger partial charge in [-0.05, 0) is 25.0 Å². The summed E-state index contributed by atoms with van der Waals surface area (Å²) in [7, 11) is 0. The molecule has 0 atom stereocenters. The van der Waals surface area contributed by atoms with Gasteiger partial charge in [-0.1, -0.05) is 18.9 Å². The fourth-order valence-corrected chi connectivity index (χ4v) is 2.81. The van der Waals surface area contributed by atoms with E-state index in [1.54, 1.807) is 11.7 Å². The molecule has 0 unspecified atom stereocenters. The van der Waals surface area contributed by atoms with Crippen LogP contribution in [-0.2, 0) is 4.79 Å². The van der Waals surface area contributed by atoms with Gasteiger partial charge in [0.1, 0.15) is 17.3 Å². The number of nitrogens with one attached hydrogen (secondary N) is 2. The zero-order chi connectivity index (χ0) is 17.5. The molecule has 3 heterocycles. The highest BCUT2D eigenvalue weighted by Crippen LogP contribution is 2.23. The highest BCUT2D eigenvalue weighted by Gasteiger charge is 2.15. The normalized spacial score (nSPS) is 14.7. The van der Waals surface area contributed by atoms with Gasteiger partial charge in [0.25, 0.3) is 5.91 Å². The number of amides is 1. The molecule has 8 heteroatoms. The van der Waals surface area contributed by atoms with Gasteiger partial charge in [-0.3, -0.25) is 15.0 Å². The third kappa shape index (κ3) is 4.63. The van der Waals surface area contributed by atoms with E-state index >= 15 is 0 Å². The lowest BCUT2D eigenvalue weighted by atomic mass is 10.2. The van der Waals surface area contributed by atoms with Gasteiger partial charge in [0.15, 0.2) is 5.82 Å². The molecule has 1 aliphatic heterocycles. The number of hydrogen-bond acceptors (Lipinski definition) is 7. The van der Waals surface area contributed by atoms with Crippen LogP contribution in [0.2, 0.25) is 0 Å². The minimum absolute atomic E-state index is 0.0748. The van der Waals surface area contributed by atoms with Crippen molar-refractivity contribution in [2.45, 2.75) is 25.7 Å². The van der Waals surface area contributed by atoms with E-state index in [1.807, 2.05) is 24.3 Å². The quantitative estimate of drug-likeness (QED) is 0.562. The first-order chi connectivity index (χ1) is 12.3. The molecule has 1 amide bonds. The Morgan fingerprint density at radius 1 is 1.16 bits per heavy atom. The minimum Gasteiger partial charge on any atom is -0.361 e. The van der Waals surface area contributed by atoms with Crippen molar-refractivity contribution in [1.82, 2.24) is 20.4 Å². The molecule has 0 bridgehead atoms. The van der Waals surface area contributed by atoms with Crippen LogP contribution in [0, 0.1) is 0 Å². The molecule has 3 N–H and O–H groups in total. The summed E-state index contributed by atoms with van der Waals surface area (Å²) in [6.45, 7) is 1.83. The van der Waals surface area contributed by atoms with Gasteiger partial charge in [0, 0.05) is 25.4 Å². The van der Waals surface area contributed by atoms with E-state index in [2.05, 4.69) is 25.2 Å². The van der Waals surface area contributed by atoms with E-state index in [0.717, 1.165) is 31.7 Å². The Bertz CT molecular complexity index is 702. The van der Waals surface area contributed by atoms with Crippen molar-refractivity contribution in [3.8, 4) is 11.5 Å². The first-order valence-electron chi connectivity index (χ1n) is 8.48. The third-order valence-corrected chi connectivity index (χ3v) is 4.09. The maximum atomic E-state index is 11.3. The summed E-state index contributed by atoms with van der Waals surface area (Å²) in [4.78, 5) is 27.0. The highest BCUT2D eigenvalue weighted by atomic mass is 16.5. The van der Waals surface area contributed by atoms with Crippen LogP contribution in [0.25, 0.3) is 11.5 Å². The van der Waals surface area contributed by atoms with E-state index in [4.69, 9.17) is 5.21 Å². The van der Waals surface area contributed by atoms with Crippen molar-refractivity contribution in [2.24, 2.45) is 0 Å². The molecule has 1 saturated heterocycles. The Hall–Kier alpha value is -2.74. The molecule has 1 aliphatic rings. The van der Waals surface area contributed by atoms with Gasteiger partial charge in [-0.2, -0.15) is 0 Å². The number of pyridine rings is 1. The van der Waals surface area contributed by atoms with Crippen molar-refractivity contribution in [2.75, 3.05) is 29.9 Å². The third-order valence-electron chi connectivity index (χ3n) is 4.09. The molecule has 132 valence electrons. The van der Waals surface area contributed by atoms with Crippen LogP contribution < -0.4 is 15.7 Å². The van der Waals surface area contributed by atoms with Gasteiger partial charge in [0.2, 0.25) is 0 Å². The van der Waals surface area contributed by atoms with Gasteiger partial charge < -0.3 is 10.2 Å². The van der Waals surface area contributed by atoms with Gasteiger partial charge in [-0.25, -0.2) is 15.4 Å². The van der Waals surface area contributed by atoms with E-state index in [9.17, 15) is 4.79 Å². The van der Waals surface area contributed by atoms with Crippen LogP contribution in [0.1, 0.15) is 25.7 Å². The number of rotatable bonds is 5. The number of hydroxylamine groups is 1. The minimum atomic E-state index is -0.533. The lowest BCUT2D eigenvalue weighted by Crippen LogP contribution is -2.28. The lowest BCUT2D eigenvalue weighted by Gasteiger charge is -2.22. The summed E-state index contributed by atoms with van der Waals surface area (Å²) in [5, 5.41) is 11.6. The topological polar surface area (TPSA) is 103 Å². The van der Waals surface area contributed by atoms with Crippen LogP contribution in [0.3, 0.4) is 0 Å². The fraction of sp³-hybridized carbons (Fsp3) is 0.412. The SMILES string of the molecule is O=C(CNc1cc(N2CCCCCC2)nc(-c2ccccn2)n1)NO. The van der Waals surface area contributed by atoms with E-state index in [-0.39, 0.29) is 6.54 Å². The zero-order valence-electron chi connectivity index (χ0n) is 14.0. The van der Waals surface area contributed by atoms with Crippen molar-refractivity contribution in [3.05, 3.63) is 30.5 Å². The summed E-state index contributed by atoms with van der Waals surface area (Å²) in [5.41, 5.74) is 2.28. The van der Waals surface area contributed by atoms with Crippen LogP contribution >= 0.6 is 0 Å². The van der Waals surface area contributed by atoms with Crippen molar-refractivity contribution in [1.29, 1.82) is 0 Å². The number of aromatic nitrogens is 3. The molecule has 0 spiro atoms. The second-order valence-corrected chi connectivity index (χ2v) is 5.94. The molecule has 3 rings (SSSR count). The molecule has 0 saturated carbocycles. The Morgan fingerprint density at radius 2 is 1.96 bits per heavy atom. The zero-order valence-corrected chi connectivity index (χ0v) is 14.0. The second kappa shape index (κ2) is 8.39. The number of anilines is 2. The van der Waals surface area contributed by atoms with Crippen molar-refractivity contribution in [3.63, 3.8) is 0 Å². The van der Waals surface area contributed by atoms with E-state index in [0.29, 0.717) is 17.3 Å².